The van der Waals surface area contributed by atoms with Crippen molar-refractivity contribution in [3.63, 3.8) is 0 Å². The summed E-state index contributed by atoms with van der Waals surface area (Å²) in [5.74, 6) is -0.915. The predicted octanol–water partition coefficient (Wildman–Crippen LogP) is 3.54. The number of benzene rings is 1. The molecular formula is C32H44N3O6+. The summed E-state index contributed by atoms with van der Waals surface area (Å²) in [6.07, 6.45) is 6.70. The fourth-order valence-corrected chi connectivity index (χ4v) is 6.67. The normalized spacial score (nSPS) is 23.0. The largest absolute Gasteiger partial charge is 0.493 e. The van der Waals surface area contributed by atoms with Crippen molar-refractivity contribution in [2.24, 2.45) is 18.4 Å². The van der Waals surface area contributed by atoms with Gasteiger partial charge in [-0.05, 0) is 36.1 Å². The maximum absolute atomic E-state index is 14.0. The van der Waals surface area contributed by atoms with Gasteiger partial charge in [-0.25, -0.2) is 4.57 Å². The highest BCUT2D eigenvalue weighted by molar-refractivity contribution is 5.94. The Kier molecular flexibility index (Phi) is 8.97. The number of anilines is 1. The van der Waals surface area contributed by atoms with Gasteiger partial charge in [0.1, 0.15) is 18.5 Å². The number of nitrogens with zero attached hydrogens (tertiary/aromatic N) is 3. The Bertz CT molecular complexity index is 1240. The molecule has 0 radical (unpaired) electrons. The second-order valence-electron chi connectivity index (χ2n) is 12.3. The zero-order valence-electron chi connectivity index (χ0n) is 24.8. The third-order valence-corrected chi connectivity index (χ3v) is 8.78. The number of aryl methyl sites for hydroxylation is 1. The summed E-state index contributed by atoms with van der Waals surface area (Å²) in [7, 11) is 1.95. The number of carboxylic acids is 1. The molecule has 3 aliphatic rings. The molecule has 3 atom stereocenters. The van der Waals surface area contributed by atoms with E-state index in [1.165, 1.54) is 0 Å². The second-order valence-corrected chi connectivity index (χ2v) is 12.3. The summed E-state index contributed by atoms with van der Waals surface area (Å²) in [6.45, 7) is 9.21. The summed E-state index contributed by atoms with van der Waals surface area (Å²) in [5.41, 5.74) is 2.52. The van der Waals surface area contributed by atoms with E-state index in [4.69, 9.17) is 14.2 Å². The highest BCUT2D eigenvalue weighted by Gasteiger charge is 2.50. The molecule has 222 valence electrons. The van der Waals surface area contributed by atoms with E-state index in [1.807, 2.05) is 53.2 Å². The van der Waals surface area contributed by atoms with Crippen molar-refractivity contribution in [1.82, 2.24) is 4.90 Å². The molecule has 1 aromatic carbocycles. The molecule has 3 aliphatic heterocycles. The lowest BCUT2D eigenvalue weighted by Gasteiger charge is -2.37. The Labute approximate surface area is 243 Å². The van der Waals surface area contributed by atoms with Crippen LogP contribution in [0.3, 0.4) is 0 Å². The molecule has 9 heteroatoms. The Hall–Kier alpha value is -3.01. The number of hydrogen-bond donors (Lipinski definition) is 1. The molecule has 1 unspecified atom stereocenters. The van der Waals surface area contributed by atoms with Crippen LogP contribution in [0.1, 0.15) is 57.1 Å². The zero-order chi connectivity index (χ0) is 29.1. The van der Waals surface area contributed by atoms with E-state index in [2.05, 4.69) is 31.7 Å². The smallest absolute Gasteiger partial charge is 0.308 e. The summed E-state index contributed by atoms with van der Waals surface area (Å²) in [5, 5.41) is 10.6. The van der Waals surface area contributed by atoms with Gasteiger partial charge in [0.05, 0.1) is 32.3 Å². The number of hydrogen-bond acceptors (Lipinski definition) is 6. The first-order valence-corrected chi connectivity index (χ1v) is 14.9. The van der Waals surface area contributed by atoms with Gasteiger partial charge in [0.2, 0.25) is 5.91 Å². The quantitative estimate of drug-likeness (QED) is 0.416. The summed E-state index contributed by atoms with van der Waals surface area (Å²) in [4.78, 5) is 31.0. The lowest BCUT2D eigenvalue weighted by atomic mass is 9.77. The lowest BCUT2D eigenvalue weighted by molar-refractivity contribution is -0.670. The fraction of sp³-hybridized carbons (Fsp3) is 0.594. The molecular weight excluding hydrogens is 522 g/mol. The SMILES string of the molecule is CCCCN(C(=O)CN1C[C@H](c2ccc3c(c2)CCO3)C(C(=O)O)[C@@H]1CC(C)(C)C1OCCO1)c1ccc[n+](C)c1. The Morgan fingerprint density at radius 2 is 1.95 bits per heavy atom. The van der Waals surface area contributed by atoms with Gasteiger partial charge in [-0.3, -0.25) is 14.5 Å². The number of carboxylic acid groups (broad SMARTS) is 1. The van der Waals surface area contributed by atoms with Gasteiger partial charge in [0.15, 0.2) is 18.7 Å². The van der Waals surface area contributed by atoms with Gasteiger partial charge < -0.3 is 24.2 Å². The molecule has 4 heterocycles. The number of ether oxygens (including phenoxy) is 3. The third kappa shape index (κ3) is 6.42. The van der Waals surface area contributed by atoms with E-state index in [-0.39, 0.29) is 24.4 Å². The maximum Gasteiger partial charge on any atom is 0.308 e. The molecule has 0 spiro atoms. The molecule has 2 fully saturated rings. The molecule has 0 aliphatic carbocycles. The Morgan fingerprint density at radius 1 is 1.17 bits per heavy atom. The third-order valence-electron chi connectivity index (χ3n) is 8.78. The number of carbonyl (C=O) groups is 2. The highest BCUT2D eigenvalue weighted by atomic mass is 16.7. The number of aromatic nitrogens is 1. The molecule has 2 saturated heterocycles. The van der Waals surface area contributed by atoms with Crippen LogP contribution >= 0.6 is 0 Å². The number of aliphatic carboxylic acids is 1. The van der Waals surface area contributed by atoms with Crippen LogP contribution in [-0.2, 0) is 32.5 Å². The zero-order valence-corrected chi connectivity index (χ0v) is 24.8. The molecule has 1 N–H and O–H groups in total. The number of unbranched alkanes of at least 4 members (excludes halogenated alkanes) is 1. The van der Waals surface area contributed by atoms with Gasteiger partial charge in [-0.1, -0.05) is 39.3 Å². The Morgan fingerprint density at radius 3 is 2.66 bits per heavy atom. The first-order chi connectivity index (χ1) is 19.7. The van der Waals surface area contributed by atoms with Crippen LogP contribution in [0, 0.1) is 11.3 Å². The van der Waals surface area contributed by atoms with Crippen molar-refractivity contribution in [3.8, 4) is 5.75 Å². The average Bonchev–Trinajstić information content (AvgIpc) is 3.69. The van der Waals surface area contributed by atoms with Crippen molar-refractivity contribution < 1.29 is 33.5 Å². The van der Waals surface area contributed by atoms with Crippen molar-refractivity contribution in [1.29, 1.82) is 0 Å². The minimum Gasteiger partial charge on any atom is -0.493 e. The van der Waals surface area contributed by atoms with Crippen LogP contribution in [0.5, 0.6) is 5.75 Å². The van der Waals surface area contributed by atoms with Crippen molar-refractivity contribution in [2.75, 3.05) is 44.4 Å². The van der Waals surface area contributed by atoms with E-state index in [0.29, 0.717) is 39.3 Å². The molecule has 41 heavy (non-hydrogen) atoms. The number of amides is 1. The standard InChI is InChI=1S/C32H43N3O6/c1-5-6-13-35(24-8-7-12-33(4)19-24)28(36)21-34-20-25(22-9-10-27-23(17-22)11-14-39-27)29(30(37)38)26(34)18-32(2,3)31-40-15-16-41-31/h7-10,12,17,19,25-26,29,31H,5-6,11,13-16,18,20-21H2,1-4H3/p+1/t25-,26+,29?/m1/s1. The van der Waals surface area contributed by atoms with Crippen molar-refractivity contribution in [2.45, 2.75) is 64.7 Å². The van der Waals surface area contributed by atoms with Gasteiger partial charge >= 0.3 is 5.97 Å². The molecule has 0 bridgehead atoms. The number of carbonyl (C=O) groups excluding carboxylic acids is 1. The van der Waals surface area contributed by atoms with Crippen molar-refractivity contribution in [3.05, 3.63) is 53.9 Å². The number of fused-ring (bicyclic) bond motifs is 1. The number of rotatable bonds is 11. The van der Waals surface area contributed by atoms with Crippen LogP contribution in [0.4, 0.5) is 5.69 Å². The molecule has 5 rings (SSSR count). The van der Waals surface area contributed by atoms with Gasteiger partial charge in [-0.2, -0.15) is 0 Å². The van der Waals surface area contributed by atoms with Crippen LogP contribution < -0.4 is 14.2 Å². The first-order valence-electron chi connectivity index (χ1n) is 14.9. The minimum atomic E-state index is -0.839. The molecule has 2 aromatic rings. The van der Waals surface area contributed by atoms with E-state index < -0.39 is 23.6 Å². The van der Waals surface area contributed by atoms with Crippen LogP contribution in [-0.4, -0.2) is 73.7 Å². The van der Waals surface area contributed by atoms with E-state index in [1.54, 1.807) is 0 Å². The fourth-order valence-electron chi connectivity index (χ4n) is 6.67. The predicted molar refractivity (Wildman–Crippen MR) is 154 cm³/mol. The van der Waals surface area contributed by atoms with Crippen LogP contribution in [0.25, 0.3) is 0 Å². The highest BCUT2D eigenvalue weighted by Crippen LogP contribution is 2.45. The van der Waals surface area contributed by atoms with Gasteiger partial charge in [0, 0.05) is 43.0 Å². The van der Waals surface area contributed by atoms with E-state index in [9.17, 15) is 14.7 Å². The Balaban J connectivity index is 1.47. The lowest BCUT2D eigenvalue weighted by Crippen LogP contribution is -2.47. The number of likely N-dealkylation sites (tertiary alicyclic amines) is 1. The molecule has 1 aromatic heterocycles. The summed E-state index contributed by atoms with van der Waals surface area (Å²) < 4.78 is 19.4. The maximum atomic E-state index is 14.0. The summed E-state index contributed by atoms with van der Waals surface area (Å²) >= 11 is 0. The van der Waals surface area contributed by atoms with Gasteiger partial charge in [-0.15, -0.1) is 0 Å². The second kappa shape index (κ2) is 12.5. The molecule has 0 saturated carbocycles. The first kappa shape index (κ1) is 29.5. The van der Waals surface area contributed by atoms with E-state index in [0.717, 1.165) is 41.8 Å². The number of pyridine rings is 1. The molecule has 9 nitrogen and oxygen atoms in total. The van der Waals surface area contributed by atoms with Crippen LogP contribution in [0.15, 0.2) is 42.7 Å². The minimum absolute atomic E-state index is 0.0204. The topological polar surface area (TPSA) is 92.4 Å². The van der Waals surface area contributed by atoms with Crippen molar-refractivity contribution >= 4 is 17.6 Å². The van der Waals surface area contributed by atoms with E-state index >= 15 is 0 Å². The summed E-state index contributed by atoms with van der Waals surface area (Å²) in [6, 6.07) is 9.61. The van der Waals surface area contributed by atoms with Crippen LogP contribution in [0.2, 0.25) is 0 Å². The van der Waals surface area contributed by atoms with Gasteiger partial charge in [0.25, 0.3) is 0 Å². The molecule has 1 amide bonds. The monoisotopic (exact) mass is 566 g/mol. The average molecular weight is 567 g/mol.